The van der Waals surface area contributed by atoms with E-state index in [0.29, 0.717) is 6.04 Å². The first-order valence-electron chi connectivity index (χ1n) is 5.80. The van der Waals surface area contributed by atoms with Gasteiger partial charge in [0.1, 0.15) is 0 Å². The van der Waals surface area contributed by atoms with E-state index in [9.17, 15) is 5.11 Å². The van der Waals surface area contributed by atoms with Gasteiger partial charge in [-0.2, -0.15) is 0 Å². The summed E-state index contributed by atoms with van der Waals surface area (Å²) in [5.41, 5.74) is 5.36. The zero-order valence-corrected chi connectivity index (χ0v) is 9.50. The van der Waals surface area contributed by atoms with Crippen molar-refractivity contribution in [1.82, 2.24) is 4.90 Å². The summed E-state index contributed by atoms with van der Waals surface area (Å²) in [5.74, 6) is 0. The van der Waals surface area contributed by atoms with Crippen molar-refractivity contribution in [2.75, 3.05) is 19.6 Å². The van der Waals surface area contributed by atoms with Gasteiger partial charge in [0, 0.05) is 12.6 Å². The minimum absolute atomic E-state index is 0.312. The van der Waals surface area contributed by atoms with Crippen LogP contribution in [0.3, 0.4) is 0 Å². The van der Waals surface area contributed by atoms with Crippen molar-refractivity contribution < 1.29 is 5.11 Å². The monoisotopic (exact) mass is 200 g/mol. The first-order valence-corrected chi connectivity index (χ1v) is 5.80. The Morgan fingerprint density at radius 2 is 1.79 bits per heavy atom. The van der Waals surface area contributed by atoms with Crippen molar-refractivity contribution in [3.63, 3.8) is 0 Å². The molecule has 3 nitrogen and oxygen atoms in total. The van der Waals surface area contributed by atoms with E-state index in [1.54, 1.807) is 0 Å². The molecule has 0 radical (unpaired) electrons. The summed E-state index contributed by atoms with van der Waals surface area (Å²) in [7, 11) is 0. The van der Waals surface area contributed by atoms with Gasteiger partial charge in [-0.25, -0.2) is 0 Å². The summed E-state index contributed by atoms with van der Waals surface area (Å²) < 4.78 is 0. The van der Waals surface area contributed by atoms with Crippen LogP contribution in [-0.2, 0) is 0 Å². The average molecular weight is 200 g/mol. The maximum absolute atomic E-state index is 10.3. The smallest absolute Gasteiger partial charge is 0.0775 e. The molecule has 0 aromatic heterocycles. The highest BCUT2D eigenvalue weighted by atomic mass is 16.3. The summed E-state index contributed by atoms with van der Waals surface area (Å²) in [4.78, 5) is 2.29. The van der Waals surface area contributed by atoms with Crippen LogP contribution in [0, 0.1) is 0 Å². The molecule has 1 saturated carbocycles. The molecule has 1 fully saturated rings. The largest absolute Gasteiger partial charge is 0.389 e. The van der Waals surface area contributed by atoms with Gasteiger partial charge in [0.15, 0.2) is 0 Å². The summed E-state index contributed by atoms with van der Waals surface area (Å²) in [6.07, 6.45) is 3.67. The van der Waals surface area contributed by atoms with E-state index in [4.69, 9.17) is 5.73 Å². The summed E-state index contributed by atoms with van der Waals surface area (Å²) in [5, 5.41) is 10.3. The lowest BCUT2D eigenvalue weighted by atomic mass is 9.82. The highest BCUT2D eigenvalue weighted by molar-refractivity contribution is 4.89. The van der Waals surface area contributed by atoms with Crippen molar-refractivity contribution in [3.05, 3.63) is 0 Å². The minimum atomic E-state index is -0.470. The molecule has 0 aliphatic heterocycles. The van der Waals surface area contributed by atoms with Crippen molar-refractivity contribution in [1.29, 1.82) is 0 Å². The lowest BCUT2D eigenvalue weighted by Gasteiger charge is -2.38. The van der Waals surface area contributed by atoms with E-state index >= 15 is 0 Å². The molecule has 3 N–H and O–H groups in total. The van der Waals surface area contributed by atoms with Crippen LogP contribution in [0.25, 0.3) is 0 Å². The van der Waals surface area contributed by atoms with Crippen LogP contribution < -0.4 is 5.73 Å². The number of likely N-dealkylation sites (N-methyl/N-ethyl adjacent to an activating group) is 1. The second-order valence-corrected chi connectivity index (χ2v) is 4.52. The van der Waals surface area contributed by atoms with Crippen LogP contribution in [0.1, 0.15) is 39.5 Å². The van der Waals surface area contributed by atoms with E-state index in [2.05, 4.69) is 18.7 Å². The van der Waals surface area contributed by atoms with E-state index in [1.807, 2.05) is 0 Å². The maximum atomic E-state index is 10.3. The van der Waals surface area contributed by atoms with Crippen LogP contribution in [0.5, 0.6) is 0 Å². The molecule has 0 unspecified atom stereocenters. The fraction of sp³-hybridized carbons (Fsp3) is 1.00. The van der Waals surface area contributed by atoms with Gasteiger partial charge in [0.05, 0.1) is 5.60 Å². The second-order valence-electron chi connectivity index (χ2n) is 4.52. The molecule has 0 spiro atoms. The Labute approximate surface area is 87.3 Å². The topological polar surface area (TPSA) is 49.5 Å². The van der Waals surface area contributed by atoms with Gasteiger partial charge in [-0.1, -0.05) is 13.8 Å². The van der Waals surface area contributed by atoms with Gasteiger partial charge in [-0.15, -0.1) is 0 Å². The molecule has 0 atom stereocenters. The number of rotatable bonds is 4. The number of aliphatic hydroxyl groups is 1. The summed E-state index contributed by atoms with van der Waals surface area (Å²) >= 11 is 0. The zero-order chi connectivity index (χ0) is 10.6. The molecule has 84 valence electrons. The number of nitrogens with two attached hydrogens (primary N) is 1. The van der Waals surface area contributed by atoms with Gasteiger partial charge in [-0.3, -0.25) is 0 Å². The predicted molar refractivity (Wildman–Crippen MR) is 59.2 cm³/mol. The van der Waals surface area contributed by atoms with E-state index < -0.39 is 5.60 Å². The molecule has 1 rings (SSSR count). The molecule has 3 heteroatoms. The van der Waals surface area contributed by atoms with Crippen molar-refractivity contribution in [3.8, 4) is 0 Å². The molecule has 1 aliphatic rings. The van der Waals surface area contributed by atoms with Crippen LogP contribution in [0.15, 0.2) is 0 Å². The number of hydrogen-bond acceptors (Lipinski definition) is 3. The fourth-order valence-electron chi connectivity index (χ4n) is 2.20. The zero-order valence-electron chi connectivity index (χ0n) is 9.50. The quantitative estimate of drug-likeness (QED) is 0.710. The van der Waals surface area contributed by atoms with Gasteiger partial charge in [0.25, 0.3) is 0 Å². The molecule has 0 bridgehead atoms. The van der Waals surface area contributed by atoms with Crippen LogP contribution in [-0.4, -0.2) is 41.3 Å². The highest BCUT2D eigenvalue weighted by Gasteiger charge is 2.32. The molecule has 14 heavy (non-hydrogen) atoms. The predicted octanol–water partition coefficient (Wildman–Crippen LogP) is 0.961. The average Bonchev–Trinajstić information content (AvgIpc) is 2.20. The van der Waals surface area contributed by atoms with Gasteiger partial charge < -0.3 is 15.7 Å². The van der Waals surface area contributed by atoms with E-state index in [1.165, 1.54) is 0 Å². The van der Waals surface area contributed by atoms with Crippen LogP contribution in [0.2, 0.25) is 0 Å². The molecule has 0 amide bonds. The Morgan fingerprint density at radius 3 is 2.21 bits per heavy atom. The summed E-state index contributed by atoms with van der Waals surface area (Å²) in [6.45, 7) is 7.13. The third-order valence-corrected chi connectivity index (χ3v) is 3.37. The van der Waals surface area contributed by atoms with Gasteiger partial charge in [-0.05, 0) is 38.8 Å². The Morgan fingerprint density at radius 1 is 1.29 bits per heavy atom. The van der Waals surface area contributed by atoms with Crippen LogP contribution >= 0.6 is 0 Å². The lowest BCUT2D eigenvalue weighted by molar-refractivity contribution is -0.0275. The standard InChI is InChI=1S/C11H24N2O/c1-3-13(4-2)9-11(14)7-5-10(12)6-8-11/h10,14H,3-9,12H2,1-2H3. The molecule has 0 saturated heterocycles. The van der Waals surface area contributed by atoms with Crippen molar-refractivity contribution in [2.45, 2.75) is 51.2 Å². The maximum Gasteiger partial charge on any atom is 0.0775 e. The van der Waals surface area contributed by atoms with Gasteiger partial charge >= 0.3 is 0 Å². The Balaban J connectivity index is 2.41. The third-order valence-electron chi connectivity index (χ3n) is 3.37. The van der Waals surface area contributed by atoms with Crippen molar-refractivity contribution >= 4 is 0 Å². The first-order chi connectivity index (χ1) is 6.59. The molecule has 1 aliphatic carbocycles. The van der Waals surface area contributed by atoms with Crippen molar-refractivity contribution in [2.24, 2.45) is 5.73 Å². The lowest BCUT2D eigenvalue weighted by Crippen LogP contribution is -2.47. The SMILES string of the molecule is CCN(CC)CC1(O)CCC(N)CC1. The van der Waals surface area contributed by atoms with Crippen LogP contribution in [0.4, 0.5) is 0 Å². The van der Waals surface area contributed by atoms with E-state index in [0.717, 1.165) is 45.3 Å². The first kappa shape index (κ1) is 12.0. The Bertz CT molecular complexity index is 161. The fourth-order valence-corrected chi connectivity index (χ4v) is 2.20. The third kappa shape index (κ3) is 3.23. The minimum Gasteiger partial charge on any atom is -0.389 e. The molecule has 0 aromatic rings. The molecule has 0 aromatic carbocycles. The summed E-state index contributed by atoms with van der Waals surface area (Å²) in [6, 6.07) is 0.312. The Kier molecular flexibility index (Phi) is 4.35. The van der Waals surface area contributed by atoms with E-state index in [-0.39, 0.29) is 0 Å². The highest BCUT2D eigenvalue weighted by Crippen LogP contribution is 2.28. The molecular weight excluding hydrogens is 176 g/mol. The number of nitrogens with zero attached hydrogens (tertiary/aromatic N) is 1. The Hall–Kier alpha value is -0.120. The molecule has 0 heterocycles. The second kappa shape index (κ2) is 5.10. The molecular formula is C11H24N2O. The normalized spacial score (nSPS) is 33.6. The number of hydrogen-bond donors (Lipinski definition) is 2. The van der Waals surface area contributed by atoms with Gasteiger partial charge in [0.2, 0.25) is 0 Å².